The normalized spacial score (nSPS) is 18.0. The Bertz CT molecular complexity index is 1630. The number of nitrogens with zero attached hydrogens (tertiary/aromatic N) is 4. The van der Waals surface area contributed by atoms with E-state index in [1.54, 1.807) is 49.4 Å². The highest BCUT2D eigenvalue weighted by atomic mass is 35.5. The quantitative estimate of drug-likeness (QED) is 0.386. The van der Waals surface area contributed by atoms with E-state index in [1.165, 1.54) is 16.3 Å². The first kappa shape index (κ1) is 32.7. The highest BCUT2D eigenvalue weighted by Crippen LogP contribution is 2.47. The van der Waals surface area contributed by atoms with Crippen molar-refractivity contribution in [2.24, 2.45) is 7.05 Å². The molecule has 0 aliphatic carbocycles. The lowest BCUT2D eigenvalue weighted by Crippen LogP contribution is -2.43. The lowest BCUT2D eigenvalue weighted by Gasteiger charge is -2.29. The van der Waals surface area contributed by atoms with Gasteiger partial charge in [0, 0.05) is 44.5 Å². The minimum Gasteiger partial charge on any atom is -0.480 e. The summed E-state index contributed by atoms with van der Waals surface area (Å²) in [6, 6.07) is 14.5. The van der Waals surface area contributed by atoms with E-state index < -0.39 is 22.6 Å². The van der Waals surface area contributed by atoms with Gasteiger partial charge in [0.15, 0.2) is 0 Å². The average Bonchev–Trinajstić information content (AvgIpc) is 3.14. The Morgan fingerprint density at radius 3 is 2.52 bits per heavy atom. The Morgan fingerprint density at radius 2 is 1.84 bits per heavy atom. The first-order valence-corrected chi connectivity index (χ1v) is 15.9. The molecular weight excluding hydrogens is 608 g/mol. The number of likely N-dealkylation sites (tertiary alicyclic amines) is 1. The molecule has 5 rings (SSSR count). The SMILES string of the molecule is CS(=O)N1CC2(CCCN(C(=O)NCC(=O)O)CC2)c2ccccc21.Cc1cccc(Cl)c1C(=O)Nc1ccn(C)c(=O)n1. The first-order valence-electron chi connectivity index (χ1n) is 14.0. The van der Waals surface area contributed by atoms with Crippen LogP contribution in [-0.2, 0) is 28.2 Å². The van der Waals surface area contributed by atoms with Crippen LogP contribution in [0.4, 0.5) is 16.3 Å². The molecule has 2 atom stereocenters. The molecule has 3 N–H and O–H groups in total. The lowest BCUT2D eigenvalue weighted by atomic mass is 9.76. The number of halogens is 1. The molecule has 0 saturated carbocycles. The molecular formula is C30H35ClN6O6S. The molecule has 2 aliphatic rings. The van der Waals surface area contributed by atoms with E-state index >= 15 is 0 Å². The molecule has 1 spiro atoms. The average molecular weight is 643 g/mol. The third-order valence-corrected chi connectivity index (χ3v) is 9.05. The molecule has 3 amide bonds. The number of carbonyl (C=O) groups excluding carboxylic acids is 2. The number of urea groups is 1. The molecule has 3 heterocycles. The molecule has 3 aromatic rings. The summed E-state index contributed by atoms with van der Waals surface area (Å²) in [6.45, 7) is 3.28. The molecule has 1 fully saturated rings. The van der Waals surface area contributed by atoms with Gasteiger partial charge in [-0.1, -0.05) is 41.9 Å². The van der Waals surface area contributed by atoms with Crippen molar-refractivity contribution in [3.63, 3.8) is 0 Å². The molecule has 12 nitrogen and oxygen atoms in total. The third kappa shape index (κ3) is 7.45. The monoisotopic (exact) mass is 642 g/mol. The van der Waals surface area contributed by atoms with Crippen molar-refractivity contribution in [3.8, 4) is 0 Å². The van der Waals surface area contributed by atoms with Crippen molar-refractivity contribution in [1.29, 1.82) is 0 Å². The fourth-order valence-corrected chi connectivity index (χ4v) is 6.71. The summed E-state index contributed by atoms with van der Waals surface area (Å²) in [4.78, 5) is 51.7. The zero-order chi connectivity index (χ0) is 32.0. The zero-order valence-corrected chi connectivity index (χ0v) is 26.3. The highest BCUT2D eigenvalue weighted by Gasteiger charge is 2.44. The van der Waals surface area contributed by atoms with Crippen LogP contribution in [0.25, 0.3) is 0 Å². The minimum absolute atomic E-state index is 0.107. The van der Waals surface area contributed by atoms with E-state index in [-0.39, 0.29) is 29.7 Å². The van der Waals surface area contributed by atoms with E-state index in [4.69, 9.17) is 16.7 Å². The number of nitrogens with one attached hydrogen (secondary N) is 2. The van der Waals surface area contributed by atoms with E-state index in [0.717, 1.165) is 30.5 Å². The summed E-state index contributed by atoms with van der Waals surface area (Å²) in [5.41, 5.74) is 2.82. The second-order valence-electron chi connectivity index (χ2n) is 10.7. The predicted molar refractivity (Wildman–Crippen MR) is 170 cm³/mol. The molecule has 44 heavy (non-hydrogen) atoms. The number of anilines is 2. The van der Waals surface area contributed by atoms with Crippen LogP contribution in [0.3, 0.4) is 0 Å². The number of benzene rings is 2. The van der Waals surface area contributed by atoms with Crippen LogP contribution in [0.2, 0.25) is 5.02 Å². The summed E-state index contributed by atoms with van der Waals surface area (Å²) in [6.07, 6.45) is 5.75. The van der Waals surface area contributed by atoms with Crippen molar-refractivity contribution in [2.45, 2.75) is 31.6 Å². The van der Waals surface area contributed by atoms with Gasteiger partial charge in [-0.25, -0.2) is 13.8 Å². The standard InChI is InChI=1S/C17H23N3O4S.C13H12ClN3O2/c1-25(24)20-12-17(13-5-2-3-6-14(13)20)7-4-9-19(10-8-17)16(23)18-11-15(21)22;1-8-4-3-5-9(14)11(8)12(18)15-10-6-7-17(2)13(19)16-10/h2-3,5-6H,4,7-12H2,1H3,(H,18,23)(H,21,22);3-7H,1-2H3,(H,15,16,18,19). The van der Waals surface area contributed by atoms with Crippen LogP contribution in [0.5, 0.6) is 0 Å². The fourth-order valence-electron chi connectivity index (χ4n) is 5.54. The lowest BCUT2D eigenvalue weighted by molar-refractivity contribution is -0.135. The van der Waals surface area contributed by atoms with E-state index in [9.17, 15) is 23.4 Å². The van der Waals surface area contributed by atoms with Crippen molar-refractivity contribution >= 4 is 52.0 Å². The summed E-state index contributed by atoms with van der Waals surface area (Å²) < 4.78 is 15.4. The maximum Gasteiger partial charge on any atom is 0.349 e. The number of aliphatic carboxylic acids is 1. The molecule has 1 aromatic heterocycles. The summed E-state index contributed by atoms with van der Waals surface area (Å²) in [7, 11) is 0.496. The number of carboxylic acid groups (broad SMARTS) is 1. The maximum atomic E-state index is 12.2. The number of hydrogen-bond acceptors (Lipinski definition) is 6. The Hall–Kier alpha value is -4.23. The van der Waals surface area contributed by atoms with Crippen molar-refractivity contribution in [1.82, 2.24) is 19.8 Å². The fraction of sp³-hybridized carbons (Fsp3) is 0.367. The zero-order valence-electron chi connectivity index (χ0n) is 24.7. The number of amides is 3. The summed E-state index contributed by atoms with van der Waals surface area (Å²) in [5, 5.41) is 14.1. The van der Waals surface area contributed by atoms with Gasteiger partial charge in [-0.15, -0.1) is 0 Å². The predicted octanol–water partition coefficient (Wildman–Crippen LogP) is 3.31. The van der Waals surface area contributed by atoms with E-state index in [1.807, 2.05) is 22.5 Å². The second-order valence-corrected chi connectivity index (χ2v) is 12.4. The van der Waals surface area contributed by atoms with Gasteiger partial charge in [0.1, 0.15) is 23.3 Å². The van der Waals surface area contributed by atoms with Crippen molar-refractivity contribution < 1.29 is 23.7 Å². The van der Waals surface area contributed by atoms with Crippen LogP contribution < -0.4 is 20.6 Å². The van der Waals surface area contributed by atoms with Gasteiger partial charge in [0.25, 0.3) is 5.91 Å². The number of fused-ring (bicyclic) bond motifs is 2. The number of para-hydroxylation sites is 1. The molecule has 14 heteroatoms. The number of carbonyl (C=O) groups is 3. The highest BCUT2D eigenvalue weighted by molar-refractivity contribution is 7.85. The van der Waals surface area contributed by atoms with Gasteiger partial charge in [-0.3, -0.25) is 13.9 Å². The summed E-state index contributed by atoms with van der Waals surface area (Å²) in [5.74, 6) is -1.23. The topological polar surface area (TPSA) is 154 Å². The van der Waals surface area contributed by atoms with Gasteiger partial charge >= 0.3 is 17.7 Å². The van der Waals surface area contributed by atoms with Gasteiger partial charge in [0.2, 0.25) is 0 Å². The minimum atomic E-state index is -1.09. The van der Waals surface area contributed by atoms with Gasteiger partial charge in [-0.2, -0.15) is 4.98 Å². The molecule has 0 bridgehead atoms. The molecule has 2 aliphatic heterocycles. The van der Waals surface area contributed by atoms with Gasteiger partial charge in [0.05, 0.1) is 16.3 Å². The number of aromatic nitrogens is 2. The molecule has 234 valence electrons. The van der Waals surface area contributed by atoms with Gasteiger partial charge < -0.3 is 25.2 Å². The van der Waals surface area contributed by atoms with Crippen LogP contribution in [0, 0.1) is 6.92 Å². The number of aryl methyl sites for hydroxylation is 2. The molecule has 1 saturated heterocycles. The van der Waals surface area contributed by atoms with Crippen LogP contribution in [-0.4, -0.2) is 74.1 Å². The Labute approximate surface area is 262 Å². The van der Waals surface area contributed by atoms with E-state index in [2.05, 4.69) is 21.7 Å². The van der Waals surface area contributed by atoms with Crippen LogP contribution in [0.1, 0.15) is 40.7 Å². The molecule has 2 unspecified atom stereocenters. The summed E-state index contributed by atoms with van der Waals surface area (Å²) >= 11 is 6.00. The van der Waals surface area contributed by atoms with Gasteiger partial charge in [-0.05, 0) is 55.5 Å². The smallest absolute Gasteiger partial charge is 0.349 e. The van der Waals surface area contributed by atoms with Crippen molar-refractivity contribution in [3.05, 3.63) is 86.9 Å². The Kier molecular flexibility index (Phi) is 10.4. The number of rotatable bonds is 5. The Balaban J connectivity index is 0.000000209. The molecule has 2 aromatic carbocycles. The largest absolute Gasteiger partial charge is 0.480 e. The van der Waals surface area contributed by atoms with Crippen LogP contribution >= 0.6 is 11.6 Å². The van der Waals surface area contributed by atoms with Crippen LogP contribution in [0.15, 0.2) is 59.5 Å². The maximum absolute atomic E-state index is 12.2. The number of hydrogen-bond donors (Lipinski definition) is 3. The second kappa shape index (κ2) is 14.0. The van der Waals surface area contributed by atoms with Crippen molar-refractivity contribution in [2.75, 3.05) is 42.1 Å². The Morgan fingerprint density at radius 1 is 1.09 bits per heavy atom. The van der Waals surface area contributed by atoms with E-state index in [0.29, 0.717) is 30.2 Å². The number of carboxylic acids is 1. The third-order valence-electron chi connectivity index (χ3n) is 7.79. The molecule has 0 radical (unpaired) electrons. The first-order chi connectivity index (χ1) is 20.9.